The van der Waals surface area contributed by atoms with E-state index in [1.807, 2.05) is 30.3 Å². The summed E-state index contributed by atoms with van der Waals surface area (Å²) in [5.74, 6) is 1.63. The average molecular weight is 359 g/mol. The summed E-state index contributed by atoms with van der Waals surface area (Å²) < 4.78 is 10.8. The molecule has 0 bridgehead atoms. The lowest BCUT2D eigenvalue weighted by Crippen LogP contribution is -2.27. The molecule has 6 heteroatoms. The van der Waals surface area contributed by atoms with Gasteiger partial charge in [-0.1, -0.05) is 17.7 Å². The lowest BCUT2D eigenvalue weighted by atomic mass is 10.2. The quantitative estimate of drug-likeness (QED) is 0.641. The first-order valence-corrected chi connectivity index (χ1v) is 8.39. The Bertz CT molecular complexity index is 749. The molecule has 1 aromatic carbocycles. The first kappa shape index (κ1) is 17.3. The maximum absolute atomic E-state index is 12.2. The van der Waals surface area contributed by atoms with Gasteiger partial charge in [-0.15, -0.1) is 0 Å². The van der Waals surface area contributed by atoms with Crippen LogP contribution in [0.5, 0.6) is 0 Å². The summed E-state index contributed by atoms with van der Waals surface area (Å²) in [7, 11) is 0. The fraction of sp³-hybridized carbons (Fsp3) is 0.211. The number of nitrogens with one attached hydrogen (secondary N) is 1. The van der Waals surface area contributed by atoms with E-state index in [9.17, 15) is 4.79 Å². The van der Waals surface area contributed by atoms with E-state index in [4.69, 9.17) is 20.4 Å². The zero-order valence-electron chi connectivity index (χ0n) is 13.7. The fourth-order valence-corrected chi connectivity index (χ4v) is 2.70. The van der Waals surface area contributed by atoms with Crippen molar-refractivity contribution in [3.05, 3.63) is 77.6 Å². The van der Waals surface area contributed by atoms with Crippen LogP contribution in [0.3, 0.4) is 0 Å². The second kappa shape index (κ2) is 8.55. The topological polar surface area (TPSA) is 58.6 Å². The number of halogens is 1. The second-order valence-electron chi connectivity index (χ2n) is 5.68. The zero-order valence-corrected chi connectivity index (χ0v) is 14.4. The Morgan fingerprint density at radius 2 is 1.68 bits per heavy atom. The summed E-state index contributed by atoms with van der Waals surface area (Å²) in [6.07, 6.45) is 3.65. The molecule has 0 aliphatic carbocycles. The standard InChI is InChI=1S/C19H19ClN2O3/c20-15-4-1-5-16(12-15)21-19(23)8-9-22(13-17-6-2-10-24-17)14-18-7-3-11-25-18/h1-7,10-12H,8-9,13-14H2,(H,21,23). The number of carbonyl (C=O) groups excluding carboxylic acids is 1. The van der Waals surface area contributed by atoms with Crippen molar-refractivity contribution < 1.29 is 13.6 Å². The molecule has 25 heavy (non-hydrogen) atoms. The molecule has 0 atom stereocenters. The maximum Gasteiger partial charge on any atom is 0.225 e. The maximum atomic E-state index is 12.2. The molecule has 2 aromatic heterocycles. The lowest BCUT2D eigenvalue weighted by molar-refractivity contribution is -0.116. The minimum absolute atomic E-state index is 0.0637. The van der Waals surface area contributed by atoms with Gasteiger partial charge in [0.2, 0.25) is 5.91 Å². The number of hydrogen-bond acceptors (Lipinski definition) is 4. The minimum atomic E-state index is -0.0637. The third kappa shape index (κ3) is 5.52. The molecule has 2 heterocycles. The van der Waals surface area contributed by atoms with Crippen molar-refractivity contribution in [2.75, 3.05) is 11.9 Å². The van der Waals surface area contributed by atoms with E-state index in [-0.39, 0.29) is 5.91 Å². The van der Waals surface area contributed by atoms with Crippen LogP contribution in [0, 0.1) is 0 Å². The molecule has 0 saturated carbocycles. The van der Waals surface area contributed by atoms with Crippen molar-refractivity contribution in [3.8, 4) is 0 Å². The molecule has 0 spiro atoms. The molecule has 5 nitrogen and oxygen atoms in total. The Labute approximate surface area is 151 Å². The molecule has 0 saturated heterocycles. The van der Waals surface area contributed by atoms with Gasteiger partial charge in [0.25, 0.3) is 0 Å². The summed E-state index contributed by atoms with van der Waals surface area (Å²) in [4.78, 5) is 14.3. The Hall–Kier alpha value is -2.50. The number of furan rings is 2. The number of nitrogens with zero attached hydrogens (tertiary/aromatic N) is 1. The number of hydrogen-bond donors (Lipinski definition) is 1. The number of rotatable bonds is 8. The molecule has 3 aromatic rings. The van der Waals surface area contributed by atoms with Gasteiger partial charge in [-0.2, -0.15) is 0 Å². The molecule has 0 unspecified atom stereocenters. The highest BCUT2D eigenvalue weighted by molar-refractivity contribution is 6.30. The molecule has 130 valence electrons. The molecule has 1 N–H and O–H groups in total. The van der Waals surface area contributed by atoms with E-state index in [2.05, 4.69) is 10.2 Å². The van der Waals surface area contributed by atoms with Crippen molar-refractivity contribution in [3.63, 3.8) is 0 Å². The van der Waals surface area contributed by atoms with Gasteiger partial charge < -0.3 is 14.2 Å². The van der Waals surface area contributed by atoms with Gasteiger partial charge in [-0.25, -0.2) is 0 Å². The molecule has 0 aliphatic heterocycles. The number of anilines is 1. The summed E-state index contributed by atoms with van der Waals surface area (Å²) in [5.41, 5.74) is 0.695. The number of benzene rings is 1. The van der Waals surface area contributed by atoms with Crippen LogP contribution in [-0.2, 0) is 17.9 Å². The van der Waals surface area contributed by atoms with Gasteiger partial charge in [-0.05, 0) is 42.5 Å². The first-order chi connectivity index (χ1) is 12.2. The summed E-state index contributed by atoms with van der Waals surface area (Å²) in [6, 6.07) is 14.7. The zero-order chi connectivity index (χ0) is 17.5. The first-order valence-electron chi connectivity index (χ1n) is 8.01. The van der Waals surface area contributed by atoms with Gasteiger partial charge in [-0.3, -0.25) is 9.69 Å². The Morgan fingerprint density at radius 3 is 2.24 bits per heavy atom. The Balaban J connectivity index is 1.56. The van der Waals surface area contributed by atoms with E-state index >= 15 is 0 Å². The number of carbonyl (C=O) groups is 1. The van der Waals surface area contributed by atoms with E-state index < -0.39 is 0 Å². The van der Waals surface area contributed by atoms with E-state index in [1.165, 1.54) is 0 Å². The summed E-state index contributed by atoms with van der Waals surface area (Å²) in [5, 5.41) is 3.45. The molecule has 0 aliphatic rings. The lowest BCUT2D eigenvalue weighted by Gasteiger charge is -2.19. The molecule has 1 amide bonds. The molecular formula is C19H19ClN2O3. The SMILES string of the molecule is O=C(CCN(Cc1ccco1)Cc1ccco1)Nc1cccc(Cl)c1. The van der Waals surface area contributed by atoms with E-state index in [0.29, 0.717) is 36.8 Å². The van der Waals surface area contributed by atoms with Crippen LogP contribution < -0.4 is 5.32 Å². The molecule has 0 fully saturated rings. The largest absolute Gasteiger partial charge is 0.468 e. The summed E-state index contributed by atoms with van der Waals surface area (Å²) >= 11 is 5.93. The van der Waals surface area contributed by atoms with Crippen molar-refractivity contribution in [1.82, 2.24) is 4.90 Å². The van der Waals surface area contributed by atoms with Crippen LogP contribution in [0.15, 0.2) is 69.9 Å². The van der Waals surface area contributed by atoms with Crippen LogP contribution in [-0.4, -0.2) is 17.4 Å². The normalized spacial score (nSPS) is 11.0. The second-order valence-corrected chi connectivity index (χ2v) is 6.11. The Kier molecular flexibility index (Phi) is 5.93. The monoisotopic (exact) mass is 358 g/mol. The highest BCUT2D eigenvalue weighted by Crippen LogP contribution is 2.16. The van der Waals surface area contributed by atoms with Crippen LogP contribution in [0.2, 0.25) is 5.02 Å². The van der Waals surface area contributed by atoms with Gasteiger partial charge in [0.05, 0.1) is 25.6 Å². The molecule has 3 rings (SSSR count). The third-order valence-electron chi connectivity index (χ3n) is 3.68. The molecular weight excluding hydrogens is 340 g/mol. The predicted octanol–water partition coefficient (Wildman–Crippen LogP) is 4.56. The average Bonchev–Trinajstić information content (AvgIpc) is 3.26. The van der Waals surface area contributed by atoms with Gasteiger partial charge in [0.15, 0.2) is 0 Å². The minimum Gasteiger partial charge on any atom is -0.468 e. The third-order valence-corrected chi connectivity index (χ3v) is 3.92. The highest BCUT2D eigenvalue weighted by atomic mass is 35.5. The van der Waals surface area contributed by atoms with Crippen LogP contribution in [0.25, 0.3) is 0 Å². The van der Waals surface area contributed by atoms with Gasteiger partial charge in [0.1, 0.15) is 11.5 Å². The van der Waals surface area contributed by atoms with E-state index in [1.54, 1.807) is 30.7 Å². The Morgan fingerprint density at radius 1 is 1.00 bits per heavy atom. The van der Waals surface area contributed by atoms with Gasteiger partial charge in [0, 0.05) is 23.7 Å². The van der Waals surface area contributed by atoms with Crippen molar-refractivity contribution >= 4 is 23.2 Å². The van der Waals surface area contributed by atoms with Crippen LogP contribution in [0.4, 0.5) is 5.69 Å². The fourth-order valence-electron chi connectivity index (χ4n) is 2.51. The highest BCUT2D eigenvalue weighted by Gasteiger charge is 2.13. The van der Waals surface area contributed by atoms with Crippen molar-refractivity contribution in [2.45, 2.75) is 19.5 Å². The van der Waals surface area contributed by atoms with Crippen molar-refractivity contribution in [1.29, 1.82) is 0 Å². The van der Waals surface area contributed by atoms with E-state index in [0.717, 1.165) is 11.5 Å². The van der Waals surface area contributed by atoms with Crippen LogP contribution >= 0.6 is 11.6 Å². The predicted molar refractivity (Wildman–Crippen MR) is 96.2 cm³/mol. The van der Waals surface area contributed by atoms with Crippen molar-refractivity contribution in [2.24, 2.45) is 0 Å². The van der Waals surface area contributed by atoms with Gasteiger partial charge >= 0.3 is 0 Å². The molecule has 0 radical (unpaired) electrons. The number of amides is 1. The van der Waals surface area contributed by atoms with Crippen LogP contribution in [0.1, 0.15) is 17.9 Å². The summed E-state index contributed by atoms with van der Waals surface area (Å²) in [6.45, 7) is 1.80. The smallest absolute Gasteiger partial charge is 0.225 e.